The van der Waals surface area contributed by atoms with E-state index in [2.05, 4.69) is 4.98 Å². The van der Waals surface area contributed by atoms with Crippen LogP contribution >= 0.6 is 0 Å². The fourth-order valence-electron chi connectivity index (χ4n) is 3.68. The first-order valence-electron chi connectivity index (χ1n) is 13.6. The molecule has 0 fully saturated rings. The van der Waals surface area contributed by atoms with E-state index in [1.54, 1.807) is 24.3 Å². The van der Waals surface area contributed by atoms with Crippen molar-refractivity contribution in [2.24, 2.45) is 5.73 Å². The number of nitrogens with two attached hydrogens (primary N) is 1. The van der Waals surface area contributed by atoms with E-state index in [1.807, 2.05) is 62.1 Å². The summed E-state index contributed by atoms with van der Waals surface area (Å²) in [7, 11) is 0. The third-order valence-electron chi connectivity index (χ3n) is 5.70. The Bertz CT molecular complexity index is 1650. The fourth-order valence-corrected chi connectivity index (χ4v) is 3.68. The zero-order chi connectivity index (χ0) is 36.4. The Labute approximate surface area is 268 Å². The Morgan fingerprint density at radius 2 is 1.52 bits per heavy atom. The third-order valence-corrected chi connectivity index (χ3v) is 5.70. The van der Waals surface area contributed by atoms with Crippen molar-refractivity contribution in [2.75, 3.05) is 11.5 Å². The Morgan fingerprint density at radius 3 is 1.98 bits per heavy atom. The maximum absolute atomic E-state index is 15.5. The monoisotopic (exact) mass is 689 g/mol. The number of benzene rings is 3. The molecule has 0 saturated carbocycles. The van der Waals surface area contributed by atoms with Crippen molar-refractivity contribution < 1.29 is 60.0 Å². The van der Waals surface area contributed by atoms with Gasteiger partial charge in [-0.2, -0.15) is 26.3 Å². The van der Waals surface area contributed by atoms with Crippen LogP contribution in [0.1, 0.15) is 31.9 Å². The number of anilines is 2. The third kappa shape index (κ3) is 11.4. The standard InChI is InChI=1S/C26H28FN5O2.2C2HF3O2/c1-4-33-20-13-18(24(27)23(14-20)34-16(2)3)15-32(19-11-9-17(10-12-19)25(28)29)26-30-21-7-5-6-8-22(21)31-26;2*3-2(4,5)1(6)7/h5-14,16H,4,15H2,1-3H3,(H3,28,29)(H,30,31);2*(H,6,7). The molecule has 0 saturated heterocycles. The number of nitrogens with zero attached hydrogens (tertiary/aromatic N) is 2. The minimum Gasteiger partial charge on any atom is -0.494 e. The van der Waals surface area contributed by atoms with Gasteiger partial charge in [-0.15, -0.1) is 0 Å². The average Bonchev–Trinajstić information content (AvgIpc) is 3.41. The number of hydrogen-bond acceptors (Lipinski definition) is 7. The first-order chi connectivity index (χ1) is 22.2. The minimum atomic E-state index is -5.08. The molecule has 4 aromatic rings. The first kappa shape index (κ1) is 38.6. The molecule has 0 unspecified atom stereocenters. The maximum atomic E-state index is 15.5. The highest BCUT2D eigenvalue weighted by atomic mass is 19.4. The first-order valence-corrected chi connectivity index (χ1v) is 13.6. The number of imidazole rings is 1. The van der Waals surface area contributed by atoms with Crippen LogP contribution in [0.5, 0.6) is 11.5 Å². The number of carbonyl (C=O) groups is 2. The van der Waals surface area contributed by atoms with Gasteiger partial charge in [-0.25, -0.2) is 19.0 Å². The number of carboxylic acid groups (broad SMARTS) is 2. The van der Waals surface area contributed by atoms with E-state index in [0.29, 0.717) is 29.4 Å². The summed E-state index contributed by atoms with van der Waals surface area (Å²) in [5.41, 5.74) is 9.06. The SMILES string of the molecule is CCOc1cc(CN(c2ccc(C(=N)N)cc2)c2nc3ccccc3[nH]2)c(F)c(OC(C)C)c1.O=C(O)C(F)(F)F.O=C(O)C(F)(F)F. The van der Waals surface area contributed by atoms with Crippen molar-refractivity contribution in [1.29, 1.82) is 5.41 Å². The van der Waals surface area contributed by atoms with Gasteiger partial charge < -0.3 is 35.3 Å². The molecule has 4 rings (SSSR count). The largest absolute Gasteiger partial charge is 0.494 e. The maximum Gasteiger partial charge on any atom is 0.490 e. The van der Waals surface area contributed by atoms with Crippen LogP contribution in [0.15, 0.2) is 60.7 Å². The van der Waals surface area contributed by atoms with E-state index < -0.39 is 30.1 Å². The Hall–Kier alpha value is -5.55. The van der Waals surface area contributed by atoms with Gasteiger partial charge in [-0.1, -0.05) is 12.1 Å². The zero-order valence-electron chi connectivity index (χ0n) is 25.4. The van der Waals surface area contributed by atoms with Gasteiger partial charge in [0.25, 0.3) is 0 Å². The molecule has 0 atom stereocenters. The Morgan fingerprint density at radius 1 is 0.979 bits per heavy atom. The van der Waals surface area contributed by atoms with Crippen LogP contribution < -0.4 is 20.1 Å². The summed E-state index contributed by atoms with van der Waals surface area (Å²) in [5, 5.41) is 21.9. The molecule has 18 heteroatoms. The molecule has 48 heavy (non-hydrogen) atoms. The van der Waals surface area contributed by atoms with Crippen LogP contribution in [0.25, 0.3) is 11.0 Å². The van der Waals surface area contributed by atoms with E-state index in [0.717, 1.165) is 16.7 Å². The molecule has 1 aromatic heterocycles. The fraction of sp³-hybridized carbons (Fsp3) is 0.267. The van der Waals surface area contributed by atoms with Crippen molar-refractivity contribution >= 4 is 40.4 Å². The lowest BCUT2D eigenvalue weighted by Crippen LogP contribution is -2.21. The number of alkyl halides is 6. The quantitative estimate of drug-likeness (QED) is 0.0721. The van der Waals surface area contributed by atoms with E-state index in [9.17, 15) is 26.3 Å². The van der Waals surface area contributed by atoms with Gasteiger partial charge in [0.15, 0.2) is 11.6 Å². The van der Waals surface area contributed by atoms with Gasteiger partial charge in [-0.05, 0) is 63.2 Å². The van der Waals surface area contributed by atoms with Gasteiger partial charge in [0.05, 0.1) is 30.3 Å². The van der Waals surface area contributed by atoms with Crippen LogP contribution in [0.4, 0.5) is 42.4 Å². The molecular formula is C30H30F7N5O6. The van der Waals surface area contributed by atoms with Gasteiger partial charge in [0.2, 0.25) is 5.95 Å². The molecule has 260 valence electrons. The summed E-state index contributed by atoms with van der Waals surface area (Å²) in [5.74, 6) is -4.74. The lowest BCUT2D eigenvalue weighted by Gasteiger charge is -2.24. The number of nitrogen functional groups attached to an aromatic ring is 1. The van der Waals surface area contributed by atoms with Crippen molar-refractivity contribution in [3.8, 4) is 11.5 Å². The Balaban J connectivity index is 0.000000479. The summed E-state index contributed by atoms with van der Waals surface area (Å²) in [6.07, 6.45) is -10.4. The average molecular weight is 690 g/mol. The number of hydrogen-bond donors (Lipinski definition) is 5. The summed E-state index contributed by atoms with van der Waals surface area (Å²) in [6, 6.07) is 18.1. The number of halogens is 7. The van der Waals surface area contributed by atoms with Crippen LogP contribution in [-0.2, 0) is 16.1 Å². The summed E-state index contributed by atoms with van der Waals surface area (Å²) >= 11 is 0. The molecule has 11 nitrogen and oxygen atoms in total. The van der Waals surface area contributed by atoms with Gasteiger partial charge in [0.1, 0.15) is 11.6 Å². The van der Waals surface area contributed by atoms with E-state index in [1.165, 1.54) is 0 Å². The Kier molecular flexibility index (Phi) is 13.1. The summed E-state index contributed by atoms with van der Waals surface area (Å²) in [4.78, 5) is 27.7. The van der Waals surface area contributed by atoms with E-state index >= 15 is 4.39 Å². The molecule has 0 aliphatic carbocycles. The number of carboxylic acids is 2. The molecule has 6 N–H and O–H groups in total. The van der Waals surface area contributed by atoms with Crippen LogP contribution in [-0.4, -0.2) is 63.0 Å². The molecule has 0 spiro atoms. The van der Waals surface area contributed by atoms with Gasteiger partial charge in [-0.3, -0.25) is 5.41 Å². The topological polar surface area (TPSA) is 175 Å². The minimum absolute atomic E-state index is 0.0206. The summed E-state index contributed by atoms with van der Waals surface area (Å²) in [6.45, 7) is 6.20. The molecule has 1 heterocycles. The van der Waals surface area contributed by atoms with Crippen LogP contribution in [0.3, 0.4) is 0 Å². The molecule has 0 amide bonds. The predicted molar refractivity (Wildman–Crippen MR) is 160 cm³/mol. The number of aromatic amines is 1. The number of H-pyrrole nitrogens is 1. The second-order valence-electron chi connectivity index (χ2n) is 9.72. The van der Waals surface area contributed by atoms with E-state index in [-0.39, 0.29) is 24.2 Å². The number of para-hydroxylation sites is 2. The lowest BCUT2D eigenvalue weighted by molar-refractivity contribution is -0.193. The highest BCUT2D eigenvalue weighted by Gasteiger charge is 2.38. The number of aromatic nitrogens is 2. The molecular weight excluding hydrogens is 659 g/mol. The predicted octanol–water partition coefficient (Wildman–Crippen LogP) is 6.78. The van der Waals surface area contributed by atoms with E-state index in [4.69, 9.17) is 45.4 Å². The number of nitrogens with one attached hydrogen (secondary N) is 2. The number of ether oxygens (including phenoxy) is 2. The number of fused-ring (bicyclic) bond motifs is 1. The number of rotatable bonds is 9. The van der Waals surface area contributed by atoms with Crippen LogP contribution in [0, 0.1) is 11.2 Å². The molecule has 0 aliphatic heterocycles. The normalized spacial score (nSPS) is 11.1. The number of amidine groups is 1. The summed E-state index contributed by atoms with van der Waals surface area (Å²) < 4.78 is 90.4. The van der Waals surface area contributed by atoms with Gasteiger partial charge in [0, 0.05) is 22.9 Å². The van der Waals surface area contributed by atoms with Crippen molar-refractivity contribution in [1.82, 2.24) is 9.97 Å². The second kappa shape index (κ2) is 16.3. The van der Waals surface area contributed by atoms with Crippen LogP contribution in [0.2, 0.25) is 0 Å². The molecule has 0 radical (unpaired) electrons. The van der Waals surface area contributed by atoms with Crippen molar-refractivity contribution in [2.45, 2.75) is 45.8 Å². The van der Waals surface area contributed by atoms with Gasteiger partial charge >= 0.3 is 24.3 Å². The number of aliphatic carboxylic acids is 2. The molecule has 0 aliphatic rings. The lowest BCUT2D eigenvalue weighted by atomic mass is 10.1. The molecule has 3 aromatic carbocycles. The highest BCUT2D eigenvalue weighted by molar-refractivity contribution is 5.95. The second-order valence-corrected chi connectivity index (χ2v) is 9.72. The zero-order valence-corrected chi connectivity index (χ0v) is 25.4. The van der Waals surface area contributed by atoms with Crippen molar-refractivity contribution in [3.63, 3.8) is 0 Å². The molecule has 0 bridgehead atoms. The van der Waals surface area contributed by atoms with Crippen molar-refractivity contribution in [3.05, 3.63) is 77.6 Å². The highest BCUT2D eigenvalue weighted by Crippen LogP contribution is 2.33. The smallest absolute Gasteiger partial charge is 0.490 e.